The van der Waals surface area contributed by atoms with E-state index in [9.17, 15) is 26.4 Å². The fourth-order valence-corrected chi connectivity index (χ4v) is 5.95. The molecule has 1 atom stereocenters. The predicted molar refractivity (Wildman–Crippen MR) is 130 cm³/mol. The number of rotatable bonds is 7. The zero-order chi connectivity index (χ0) is 27.1. The minimum Gasteiger partial charge on any atom is -0.489 e. The molecule has 0 bridgehead atoms. The number of aryl methyl sites for hydroxylation is 1. The van der Waals surface area contributed by atoms with Crippen molar-refractivity contribution in [3.8, 4) is 5.75 Å². The number of halogens is 3. The van der Waals surface area contributed by atoms with E-state index >= 15 is 0 Å². The van der Waals surface area contributed by atoms with Crippen LogP contribution in [0, 0.1) is 6.92 Å². The number of hydrogen-bond acceptors (Lipinski definition) is 7. The molecule has 13 heteroatoms. The van der Waals surface area contributed by atoms with Gasteiger partial charge in [0.2, 0.25) is 0 Å². The van der Waals surface area contributed by atoms with Crippen LogP contribution in [0.15, 0.2) is 42.4 Å². The summed E-state index contributed by atoms with van der Waals surface area (Å²) in [7, 11) is -3.07. The van der Waals surface area contributed by atoms with Crippen LogP contribution in [-0.2, 0) is 14.6 Å². The van der Waals surface area contributed by atoms with Gasteiger partial charge in [-0.05, 0) is 64.1 Å². The first-order valence-electron chi connectivity index (χ1n) is 11.7. The summed E-state index contributed by atoms with van der Waals surface area (Å²) in [5.74, 6) is 0.160. The molecule has 1 unspecified atom stereocenters. The molecule has 2 N–H and O–H groups in total. The third-order valence-corrected chi connectivity index (χ3v) is 8.25. The summed E-state index contributed by atoms with van der Waals surface area (Å²) in [6.45, 7) is 3.78. The summed E-state index contributed by atoms with van der Waals surface area (Å²) in [6.07, 6.45) is 2.44. The second kappa shape index (κ2) is 9.58. The molecular formula is C24H29F3N4O5S. The van der Waals surface area contributed by atoms with E-state index in [4.69, 9.17) is 9.47 Å². The lowest BCUT2D eigenvalue weighted by Gasteiger charge is -2.34. The minimum absolute atomic E-state index is 0.0242. The van der Waals surface area contributed by atoms with Crippen LogP contribution < -0.4 is 15.4 Å². The Bertz CT molecular complexity index is 1350. The first-order valence-corrected chi connectivity index (χ1v) is 13.5. The van der Waals surface area contributed by atoms with Gasteiger partial charge >= 0.3 is 6.18 Å². The Hall–Kier alpha value is -3.22. The third kappa shape index (κ3) is 6.20. The van der Waals surface area contributed by atoms with Gasteiger partial charge in [-0.25, -0.2) is 13.4 Å². The number of fused-ring (bicyclic) bond motifs is 1. The molecule has 1 saturated heterocycles. The molecule has 2 aliphatic rings. The van der Waals surface area contributed by atoms with Gasteiger partial charge in [0.05, 0.1) is 23.4 Å². The van der Waals surface area contributed by atoms with Gasteiger partial charge in [0.15, 0.2) is 6.61 Å². The summed E-state index contributed by atoms with van der Waals surface area (Å²) < 4.78 is 74.1. The molecule has 2 aliphatic heterocycles. The highest BCUT2D eigenvalue weighted by molar-refractivity contribution is 7.91. The summed E-state index contributed by atoms with van der Waals surface area (Å²) in [4.78, 5) is 17.4. The summed E-state index contributed by atoms with van der Waals surface area (Å²) >= 11 is 0. The Balaban J connectivity index is 1.46. The average molecular weight is 543 g/mol. The number of hydrogen-bond donors (Lipinski definition) is 2. The Morgan fingerprint density at radius 1 is 1.22 bits per heavy atom. The molecule has 1 amide bonds. The van der Waals surface area contributed by atoms with Gasteiger partial charge in [-0.3, -0.25) is 9.20 Å². The molecule has 37 heavy (non-hydrogen) atoms. The highest BCUT2D eigenvalue weighted by Crippen LogP contribution is 2.27. The standard InChI is InChI=1S/C24H29F3N4O5S/c1-16-20(21(32)30-22(2)8-11-37(33,34)12-9-22)29-19-7-6-17(13-31(16)19)35-14-23(3)18(5-4-10-28-23)36-15-24(25,26)27/h4-7,10,13,28H,8-9,11-12,14-15H2,1-3H3,(H,30,32). The maximum atomic E-state index is 13.0. The maximum absolute atomic E-state index is 13.0. The van der Waals surface area contributed by atoms with Crippen molar-refractivity contribution in [3.05, 3.63) is 53.8 Å². The van der Waals surface area contributed by atoms with Crippen LogP contribution in [0.4, 0.5) is 13.2 Å². The van der Waals surface area contributed by atoms with E-state index in [2.05, 4.69) is 15.6 Å². The Labute approximate surface area is 212 Å². The zero-order valence-electron chi connectivity index (χ0n) is 20.7. The average Bonchev–Trinajstić information content (AvgIpc) is 3.15. The number of amides is 1. The predicted octanol–water partition coefficient (Wildman–Crippen LogP) is 3.06. The SMILES string of the molecule is Cc1c(C(=O)NC2(C)CCS(=O)(=O)CC2)nc2ccc(OCC3(C)NC=CC=C3OCC(F)(F)F)cn12. The first-order chi connectivity index (χ1) is 17.2. The lowest BCUT2D eigenvalue weighted by Crippen LogP contribution is -2.51. The number of aromatic nitrogens is 2. The van der Waals surface area contributed by atoms with Crippen LogP contribution in [0.5, 0.6) is 5.75 Å². The van der Waals surface area contributed by atoms with Gasteiger partial charge in [-0.15, -0.1) is 0 Å². The van der Waals surface area contributed by atoms with Gasteiger partial charge in [0.1, 0.15) is 44.8 Å². The lowest BCUT2D eigenvalue weighted by molar-refractivity contribution is -0.167. The van der Waals surface area contributed by atoms with E-state index in [1.54, 1.807) is 48.9 Å². The van der Waals surface area contributed by atoms with E-state index < -0.39 is 39.6 Å². The van der Waals surface area contributed by atoms with Gasteiger partial charge in [0, 0.05) is 5.54 Å². The van der Waals surface area contributed by atoms with Crippen LogP contribution in [0.3, 0.4) is 0 Å². The van der Waals surface area contributed by atoms with Gasteiger partial charge < -0.3 is 20.1 Å². The van der Waals surface area contributed by atoms with Crippen molar-refractivity contribution in [1.82, 2.24) is 20.0 Å². The molecule has 0 radical (unpaired) electrons. The van der Waals surface area contributed by atoms with Crippen molar-refractivity contribution >= 4 is 21.4 Å². The topological polar surface area (TPSA) is 111 Å². The molecule has 1 fully saturated rings. The number of imidazole rings is 1. The molecule has 9 nitrogen and oxygen atoms in total. The number of ether oxygens (including phenoxy) is 2. The van der Waals surface area contributed by atoms with E-state index in [0.29, 0.717) is 29.9 Å². The molecule has 4 heterocycles. The normalized spacial score (nSPS) is 22.7. The molecule has 202 valence electrons. The molecular weight excluding hydrogens is 513 g/mol. The monoisotopic (exact) mass is 542 g/mol. The number of sulfone groups is 1. The molecule has 0 spiro atoms. The number of carbonyl (C=O) groups is 1. The number of nitrogens with zero attached hydrogens (tertiary/aromatic N) is 2. The largest absolute Gasteiger partial charge is 0.489 e. The zero-order valence-corrected chi connectivity index (χ0v) is 21.5. The number of alkyl halides is 3. The van der Waals surface area contributed by atoms with Gasteiger partial charge in [-0.2, -0.15) is 13.2 Å². The van der Waals surface area contributed by atoms with E-state index in [-0.39, 0.29) is 29.6 Å². The Kier molecular flexibility index (Phi) is 6.95. The minimum atomic E-state index is -4.47. The smallest absolute Gasteiger partial charge is 0.422 e. The molecule has 2 aromatic rings. The second-order valence-electron chi connectivity index (χ2n) is 9.86. The van der Waals surface area contributed by atoms with Crippen LogP contribution >= 0.6 is 0 Å². The fraction of sp³-hybridized carbons (Fsp3) is 0.500. The molecule has 0 aromatic carbocycles. The van der Waals surface area contributed by atoms with E-state index in [1.165, 1.54) is 6.08 Å². The molecule has 0 aliphatic carbocycles. The van der Waals surface area contributed by atoms with E-state index in [0.717, 1.165) is 0 Å². The third-order valence-electron chi connectivity index (χ3n) is 6.60. The fourth-order valence-electron chi connectivity index (χ4n) is 4.22. The highest BCUT2D eigenvalue weighted by Gasteiger charge is 2.37. The van der Waals surface area contributed by atoms with Crippen molar-refractivity contribution in [2.24, 2.45) is 0 Å². The number of allylic oxidation sites excluding steroid dienone is 2. The lowest BCUT2D eigenvalue weighted by atomic mass is 9.94. The van der Waals surface area contributed by atoms with Gasteiger partial charge in [-0.1, -0.05) is 0 Å². The Morgan fingerprint density at radius 3 is 2.59 bits per heavy atom. The van der Waals surface area contributed by atoms with Crippen molar-refractivity contribution in [2.75, 3.05) is 24.7 Å². The van der Waals surface area contributed by atoms with Crippen LogP contribution in [0.2, 0.25) is 0 Å². The Morgan fingerprint density at radius 2 is 1.92 bits per heavy atom. The number of dihydropyridines is 1. The van der Waals surface area contributed by atoms with Gasteiger partial charge in [0.25, 0.3) is 5.91 Å². The van der Waals surface area contributed by atoms with E-state index in [1.807, 2.05) is 6.92 Å². The highest BCUT2D eigenvalue weighted by atomic mass is 32.2. The maximum Gasteiger partial charge on any atom is 0.422 e. The van der Waals surface area contributed by atoms with Crippen molar-refractivity contribution in [2.45, 2.75) is 50.9 Å². The van der Waals surface area contributed by atoms with Crippen molar-refractivity contribution in [3.63, 3.8) is 0 Å². The number of nitrogens with one attached hydrogen (secondary N) is 2. The molecule has 4 rings (SSSR count). The second-order valence-corrected chi connectivity index (χ2v) is 12.2. The first kappa shape index (κ1) is 26.8. The van der Waals surface area contributed by atoms with Crippen LogP contribution in [0.1, 0.15) is 42.9 Å². The van der Waals surface area contributed by atoms with Crippen molar-refractivity contribution < 1.29 is 35.9 Å². The molecule has 2 aromatic heterocycles. The van der Waals surface area contributed by atoms with Crippen LogP contribution in [0.25, 0.3) is 5.65 Å². The number of carbonyl (C=O) groups excluding carboxylic acids is 1. The van der Waals surface area contributed by atoms with Crippen LogP contribution in [-0.4, -0.2) is 65.7 Å². The van der Waals surface area contributed by atoms with Crippen molar-refractivity contribution in [1.29, 1.82) is 0 Å². The summed E-state index contributed by atoms with van der Waals surface area (Å²) in [5, 5.41) is 5.93. The summed E-state index contributed by atoms with van der Waals surface area (Å²) in [6, 6.07) is 3.32. The summed E-state index contributed by atoms with van der Waals surface area (Å²) in [5.41, 5.74) is -0.402. The quantitative estimate of drug-likeness (QED) is 0.553. The number of pyridine rings is 1. The molecule has 0 saturated carbocycles.